The summed E-state index contributed by atoms with van der Waals surface area (Å²) in [5, 5.41) is 22.7. The summed E-state index contributed by atoms with van der Waals surface area (Å²) in [6, 6.07) is 9.05. The Hall–Kier alpha value is -3.62. The standard InChI is InChI=1S/C18H18N2O7/c1-26-15-7-6-12(9-16(15)27-2)18(23)19-14(10-17(21)22)11-4-3-5-13(8-11)20(24)25/h3-9,14H,10H2,1-2H3,(H,19,23)(H,21,22)/t14-/m1/s1. The van der Waals surface area contributed by atoms with E-state index in [9.17, 15) is 19.7 Å². The van der Waals surface area contributed by atoms with Gasteiger partial charge in [-0.15, -0.1) is 0 Å². The van der Waals surface area contributed by atoms with E-state index in [0.717, 1.165) is 0 Å². The zero-order chi connectivity index (χ0) is 20.0. The zero-order valence-electron chi connectivity index (χ0n) is 14.7. The number of methoxy groups -OCH3 is 2. The summed E-state index contributed by atoms with van der Waals surface area (Å²) in [5.41, 5.74) is 0.358. The molecule has 0 unspecified atom stereocenters. The number of carboxylic acid groups (broad SMARTS) is 1. The Bertz CT molecular complexity index is 867. The number of nitrogens with zero attached hydrogens (tertiary/aromatic N) is 1. The second kappa shape index (κ2) is 8.65. The number of carboxylic acids is 1. The Labute approximate surface area is 154 Å². The molecule has 1 amide bonds. The van der Waals surface area contributed by atoms with Crippen LogP contribution in [0, 0.1) is 10.1 Å². The van der Waals surface area contributed by atoms with Crippen molar-refractivity contribution >= 4 is 17.6 Å². The fourth-order valence-electron chi connectivity index (χ4n) is 2.50. The van der Waals surface area contributed by atoms with Crippen molar-refractivity contribution in [2.75, 3.05) is 14.2 Å². The van der Waals surface area contributed by atoms with Crippen LogP contribution < -0.4 is 14.8 Å². The predicted octanol–water partition coefficient (Wildman–Crippen LogP) is 2.56. The van der Waals surface area contributed by atoms with E-state index in [-0.39, 0.29) is 11.3 Å². The molecule has 0 fully saturated rings. The lowest BCUT2D eigenvalue weighted by Crippen LogP contribution is -2.30. The first kappa shape index (κ1) is 19.7. The van der Waals surface area contributed by atoms with E-state index in [0.29, 0.717) is 17.1 Å². The number of amides is 1. The maximum Gasteiger partial charge on any atom is 0.305 e. The van der Waals surface area contributed by atoms with E-state index in [1.807, 2.05) is 0 Å². The number of hydrogen-bond donors (Lipinski definition) is 2. The molecule has 0 spiro atoms. The number of carbonyl (C=O) groups excluding carboxylic acids is 1. The lowest BCUT2D eigenvalue weighted by molar-refractivity contribution is -0.384. The fraction of sp³-hybridized carbons (Fsp3) is 0.222. The van der Waals surface area contributed by atoms with Gasteiger partial charge in [0.1, 0.15) is 0 Å². The van der Waals surface area contributed by atoms with Crippen molar-refractivity contribution in [3.63, 3.8) is 0 Å². The molecule has 0 radical (unpaired) electrons. The minimum absolute atomic E-state index is 0.191. The number of nitrogens with one attached hydrogen (secondary N) is 1. The Kier molecular flexibility index (Phi) is 6.32. The number of rotatable bonds is 8. The molecular weight excluding hydrogens is 356 g/mol. The third-order valence-electron chi connectivity index (χ3n) is 3.81. The molecule has 1 atom stereocenters. The Morgan fingerprint density at radius 1 is 1.15 bits per heavy atom. The molecule has 9 nitrogen and oxygen atoms in total. The smallest absolute Gasteiger partial charge is 0.305 e. The molecule has 0 aliphatic rings. The molecule has 0 heterocycles. The molecule has 2 rings (SSSR count). The number of non-ortho nitro benzene ring substituents is 1. The number of nitro benzene ring substituents is 1. The molecule has 2 N–H and O–H groups in total. The highest BCUT2D eigenvalue weighted by Crippen LogP contribution is 2.28. The first-order valence-corrected chi connectivity index (χ1v) is 7.84. The van der Waals surface area contributed by atoms with Gasteiger partial charge >= 0.3 is 5.97 Å². The second-order valence-electron chi connectivity index (χ2n) is 5.55. The van der Waals surface area contributed by atoms with E-state index in [4.69, 9.17) is 14.6 Å². The summed E-state index contributed by atoms with van der Waals surface area (Å²) in [6.07, 6.45) is -0.430. The van der Waals surface area contributed by atoms with Crippen LogP contribution in [0.1, 0.15) is 28.4 Å². The van der Waals surface area contributed by atoms with Gasteiger partial charge in [-0.1, -0.05) is 12.1 Å². The number of benzene rings is 2. The number of aliphatic carboxylic acids is 1. The number of carbonyl (C=O) groups is 2. The van der Waals surface area contributed by atoms with Crippen molar-refractivity contribution in [2.45, 2.75) is 12.5 Å². The minimum atomic E-state index is -1.15. The highest BCUT2D eigenvalue weighted by molar-refractivity contribution is 5.95. The SMILES string of the molecule is COc1ccc(C(=O)N[C@H](CC(=O)O)c2cccc([N+](=O)[O-])c2)cc1OC. The maximum atomic E-state index is 12.6. The van der Waals surface area contributed by atoms with Gasteiger partial charge in [0, 0.05) is 17.7 Å². The lowest BCUT2D eigenvalue weighted by atomic mass is 10.0. The molecule has 0 saturated heterocycles. The van der Waals surface area contributed by atoms with Crippen LogP contribution in [0.15, 0.2) is 42.5 Å². The molecule has 27 heavy (non-hydrogen) atoms. The van der Waals surface area contributed by atoms with Crippen LogP contribution >= 0.6 is 0 Å². The minimum Gasteiger partial charge on any atom is -0.493 e. The Morgan fingerprint density at radius 2 is 1.85 bits per heavy atom. The van der Waals surface area contributed by atoms with Crippen LogP contribution in [0.3, 0.4) is 0 Å². The highest BCUT2D eigenvalue weighted by Gasteiger charge is 2.21. The summed E-state index contributed by atoms with van der Waals surface area (Å²) < 4.78 is 10.3. The number of nitro groups is 1. The average molecular weight is 374 g/mol. The molecule has 0 aliphatic carbocycles. The van der Waals surface area contributed by atoms with Crippen molar-refractivity contribution in [2.24, 2.45) is 0 Å². The molecule has 2 aromatic carbocycles. The van der Waals surface area contributed by atoms with Crippen molar-refractivity contribution in [3.8, 4) is 11.5 Å². The van der Waals surface area contributed by atoms with Gasteiger partial charge in [0.25, 0.3) is 11.6 Å². The van der Waals surface area contributed by atoms with Gasteiger partial charge in [0.05, 0.1) is 31.6 Å². The molecule has 0 aliphatic heterocycles. The summed E-state index contributed by atoms with van der Waals surface area (Å²) in [7, 11) is 2.89. The van der Waals surface area contributed by atoms with E-state index in [1.54, 1.807) is 6.07 Å². The van der Waals surface area contributed by atoms with Crippen molar-refractivity contribution in [1.29, 1.82) is 0 Å². The largest absolute Gasteiger partial charge is 0.493 e. The van der Waals surface area contributed by atoms with Crippen molar-refractivity contribution in [1.82, 2.24) is 5.32 Å². The van der Waals surface area contributed by atoms with Crippen LogP contribution in [0.5, 0.6) is 11.5 Å². The fourth-order valence-corrected chi connectivity index (χ4v) is 2.50. The summed E-state index contributed by atoms with van der Waals surface area (Å²) in [5.74, 6) is -0.919. The van der Waals surface area contributed by atoms with Crippen molar-refractivity contribution in [3.05, 3.63) is 63.7 Å². The van der Waals surface area contributed by atoms with Crippen LogP contribution in [0.25, 0.3) is 0 Å². The average Bonchev–Trinajstić information content (AvgIpc) is 2.66. The summed E-state index contributed by atoms with van der Waals surface area (Å²) in [4.78, 5) is 34.1. The van der Waals surface area contributed by atoms with Gasteiger partial charge in [0.2, 0.25) is 0 Å². The van der Waals surface area contributed by atoms with E-state index in [2.05, 4.69) is 5.32 Å². The predicted molar refractivity (Wildman–Crippen MR) is 95.1 cm³/mol. The molecular formula is C18H18N2O7. The topological polar surface area (TPSA) is 128 Å². The molecule has 142 valence electrons. The first-order chi connectivity index (χ1) is 12.8. The third kappa shape index (κ3) is 4.94. The first-order valence-electron chi connectivity index (χ1n) is 7.84. The maximum absolute atomic E-state index is 12.6. The highest BCUT2D eigenvalue weighted by atomic mass is 16.6. The van der Waals surface area contributed by atoms with E-state index >= 15 is 0 Å². The zero-order valence-corrected chi connectivity index (χ0v) is 14.7. The summed E-state index contributed by atoms with van der Waals surface area (Å²) >= 11 is 0. The molecule has 0 aromatic heterocycles. The molecule has 2 aromatic rings. The van der Waals surface area contributed by atoms with Gasteiger partial charge in [-0.2, -0.15) is 0 Å². The van der Waals surface area contributed by atoms with E-state index in [1.165, 1.54) is 50.6 Å². The lowest BCUT2D eigenvalue weighted by Gasteiger charge is -2.18. The normalized spacial score (nSPS) is 11.3. The van der Waals surface area contributed by atoms with Crippen LogP contribution in [0.2, 0.25) is 0 Å². The van der Waals surface area contributed by atoms with Crippen LogP contribution in [0.4, 0.5) is 5.69 Å². The van der Waals surface area contributed by atoms with Crippen molar-refractivity contribution < 1.29 is 29.1 Å². The van der Waals surface area contributed by atoms with Crippen LogP contribution in [-0.4, -0.2) is 36.1 Å². The van der Waals surface area contributed by atoms with Gasteiger partial charge in [-0.3, -0.25) is 19.7 Å². The van der Waals surface area contributed by atoms with E-state index < -0.39 is 29.3 Å². The quantitative estimate of drug-likeness (QED) is 0.537. The Balaban J connectivity index is 2.30. The molecule has 0 saturated carbocycles. The molecule has 9 heteroatoms. The van der Waals surface area contributed by atoms with Crippen LogP contribution in [-0.2, 0) is 4.79 Å². The number of hydrogen-bond acceptors (Lipinski definition) is 6. The second-order valence-corrected chi connectivity index (χ2v) is 5.55. The number of ether oxygens (including phenoxy) is 2. The summed E-state index contributed by atoms with van der Waals surface area (Å²) in [6.45, 7) is 0. The molecule has 0 bridgehead atoms. The van der Waals surface area contributed by atoms with Gasteiger partial charge in [-0.05, 0) is 23.8 Å². The van der Waals surface area contributed by atoms with Gasteiger partial charge < -0.3 is 19.9 Å². The Morgan fingerprint density at radius 3 is 2.44 bits per heavy atom. The van der Waals surface area contributed by atoms with Gasteiger partial charge in [-0.25, -0.2) is 0 Å². The monoisotopic (exact) mass is 374 g/mol. The van der Waals surface area contributed by atoms with Gasteiger partial charge in [0.15, 0.2) is 11.5 Å². The third-order valence-corrected chi connectivity index (χ3v) is 3.81.